The van der Waals surface area contributed by atoms with Crippen molar-refractivity contribution in [2.75, 3.05) is 0 Å². The van der Waals surface area contributed by atoms with Gasteiger partial charge in [-0.3, -0.25) is 0 Å². The third-order valence-electron chi connectivity index (χ3n) is 2.08. The molecule has 0 aromatic heterocycles. The van der Waals surface area contributed by atoms with Crippen molar-refractivity contribution in [3.8, 4) is 0 Å². The zero-order valence-corrected chi connectivity index (χ0v) is 9.27. The minimum absolute atomic E-state index is 0.0613. The number of nitrogens with two attached hydrogens (primary N) is 1. The fraction of sp³-hybridized carbons (Fsp3) is 0.500. The Labute approximate surface area is 86.8 Å². The molecule has 1 aromatic carbocycles. The number of benzene rings is 1. The van der Waals surface area contributed by atoms with Gasteiger partial charge in [-0.05, 0) is 12.0 Å². The van der Waals surface area contributed by atoms with Gasteiger partial charge in [0.25, 0.3) is 0 Å². The summed E-state index contributed by atoms with van der Waals surface area (Å²) in [7, 11) is 0. The molecule has 0 spiro atoms. The van der Waals surface area contributed by atoms with E-state index >= 15 is 0 Å². The molecule has 2 unspecified atom stereocenters. The van der Waals surface area contributed by atoms with Crippen molar-refractivity contribution in [2.45, 2.75) is 39.3 Å². The lowest BCUT2D eigenvalue weighted by Gasteiger charge is -2.17. The fourth-order valence-electron chi connectivity index (χ4n) is 1.37. The molecule has 0 bridgehead atoms. The maximum absolute atomic E-state index is 9.24. The summed E-state index contributed by atoms with van der Waals surface area (Å²) in [6, 6.07) is 9.86. The van der Waals surface area contributed by atoms with E-state index in [4.69, 9.17) is 5.73 Å². The normalized spacial score (nSPS) is 13.8. The lowest BCUT2D eigenvalue weighted by Crippen LogP contribution is -2.27. The summed E-state index contributed by atoms with van der Waals surface area (Å²) >= 11 is 0. The molecule has 0 fully saturated rings. The van der Waals surface area contributed by atoms with Crippen LogP contribution in [0.3, 0.4) is 0 Å². The number of hydrogen-bond donors (Lipinski definition) is 2. The van der Waals surface area contributed by atoms with Gasteiger partial charge in [0.05, 0.1) is 0 Å². The summed E-state index contributed by atoms with van der Waals surface area (Å²) in [6.07, 6.45) is 0.110. The van der Waals surface area contributed by atoms with Gasteiger partial charge in [-0.1, -0.05) is 51.1 Å². The predicted octanol–water partition coefficient (Wildman–Crippen LogP) is 2.48. The fourth-order valence-corrected chi connectivity index (χ4v) is 1.37. The quantitative estimate of drug-likeness (QED) is 0.728. The molecular weight excluding hydrogens is 174 g/mol. The van der Waals surface area contributed by atoms with Gasteiger partial charge < -0.3 is 10.8 Å². The summed E-state index contributed by atoms with van der Waals surface area (Å²) in [4.78, 5) is 0. The van der Waals surface area contributed by atoms with E-state index in [1.165, 1.54) is 0 Å². The largest absolute Gasteiger partial charge is 0.378 e. The number of hydrogen-bond acceptors (Lipinski definition) is 2. The monoisotopic (exact) mass is 195 g/mol. The average molecular weight is 195 g/mol. The maximum atomic E-state index is 9.24. The van der Waals surface area contributed by atoms with Gasteiger partial charge in [0.1, 0.15) is 6.23 Å². The van der Waals surface area contributed by atoms with E-state index in [1.54, 1.807) is 0 Å². The Kier molecular flexibility index (Phi) is 7.07. The van der Waals surface area contributed by atoms with Crippen molar-refractivity contribution >= 4 is 0 Å². The minimum atomic E-state index is -0.752. The first-order valence-electron chi connectivity index (χ1n) is 5.24. The van der Waals surface area contributed by atoms with Crippen molar-refractivity contribution in [2.24, 2.45) is 5.73 Å². The van der Waals surface area contributed by atoms with E-state index in [9.17, 15) is 5.11 Å². The lowest BCUT2D eigenvalue weighted by molar-refractivity contribution is 0.147. The van der Waals surface area contributed by atoms with Gasteiger partial charge in [0, 0.05) is 5.92 Å². The van der Waals surface area contributed by atoms with Crippen molar-refractivity contribution in [1.29, 1.82) is 0 Å². The smallest absolute Gasteiger partial charge is 0.109 e. The molecule has 0 radical (unpaired) electrons. The molecular formula is C12H21NO. The van der Waals surface area contributed by atoms with Crippen LogP contribution < -0.4 is 5.73 Å². The van der Waals surface area contributed by atoms with Crippen LogP contribution in [0, 0.1) is 0 Å². The van der Waals surface area contributed by atoms with Crippen molar-refractivity contribution in [3.05, 3.63) is 35.9 Å². The Hall–Kier alpha value is -0.860. The molecule has 1 rings (SSSR count). The molecule has 0 aliphatic rings. The second-order valence-corrected chi connectivity index (χ2v) is 2.92. The second-order valence-electron chi connectivity index (χ2n) is 2.92. The van der Waals surface area contributed by atoms with Crippen LogP contribution >= 0.6 is 0 Å². The van der Waals surface area contributed by atoms with Gasteiger partial charge in [-0.15, -0.1) is 0 Å². The van der Waals surface area contributed by atoms with Crippen LogP contribution in [0.4, 0.5) is 0 Å². The Morgan fingerprint density at radius 3 is 2.07 bits per heavy atom. The molecule has 0 saturated heterocycles. The molecule has 3 N–H and O–H groups in total. The highest BCUT2D eigenvalue weighted by molar-refractivity contribution is 5.20. The van der Waals surface area contributed by atoms with Crippen LogP contribution in [0.2, 0.25) is 0 Å². The van der Waals surface area contributed by atoms with Gasteiger partial charge in [-0.25, -0.2) is 0 Å². The molecule has 14 heavy (non-hydrogen) atoms. The highest BCUT2D eigenvalue weighted by atomic mass is 16.3. The van der Waals surface area contributed by atoms with Gasteiger partial charge in [-0.2, -0.15) is 0 Å². The van der Waals surface area contributed by atoms with Crippen LogP contribution in [0.1, 0.15) is 38.7 Å². The van der Waals surface area contributed by atoms with Crippen molar-refractivity contribution < 1.29 is 5.11 Å². The average Bonchev–Trinajstić information content (AvgIpc) is 2.23. The first-order chi connectivity index (χ1) is 6.75. The molecule has 0 amide bonds. The van der Waals surface area contributed by atoms with Crippen LogP contribution in [-0.2, 0) is 0 Å². The van der Waals surface area contributed by atoms with Crippen LogP contribution in [-0.4, -0.2) is 11.3 Å². The molecule has 2 heteroatoms. The predicted molar refractivity (Wildman–Crippen MR) is 61.0 cm³/mol. The summed E-state index contributed by atoms with van der Waals surface area (Å²) in [5.74, 6) is 0.0613. The molecule has 0 aliphatic carbocycles. The molecule has 0 heterocycles. The lowest BCUT2D eigenvalue weighted by atomic mass is 9.95. The second kappa shape index (κ2) is 7.54. The third-order valence-corrected chi connectivity index (χ3v) is 2.08. The zero-order valence-electron chi connectivity index (χ0n) is 9.27. The topological polar surface area (TPSA) is 46.2 Å². The summed E-state index contributed by atoms with van der Waals surface area (Å²) in [6.45, 7) is 6.02. The van der Waals surface area contributed by atoms with Crippen LogP contribution in [0.25, 0.3) is 0 Å². The Morgan fingerprint density at radius 2 is 1.71 bits per heavy atom. The van der Waals surface area contributed by atoms with Gasteiger partial charge in [0.15, 0.2) is 0 Å². The van der Waals surface area contributed by atoms with Gasteiger partial charge in [0.2, 0.25) is 0 Å². The Morgan fingerprint density at radius 1 is 1.21 bits per heavy atom. The molecule has 0 saturated carbocycles. The molecule has 2 nitrogen and oxygen atoms in total. The summed E-state index contributed by atoms with van der Waals surface area (Å²) in [5.41, 5.74) is 6.54. The van der Waals surface area contributed by atoms with E-state index in [-0.39, 0.29) is 5.92 Å². The minimum Gasteiger partial charge on any atom is -0.378 e. The Bertz CT molecular complexity index is 221. The van der Waals surface area contributed by atoms with Crippen LogP contribution in [0.5, 0.6) is 0 Å². The Balaban J connectivity index is 0.000000791. The van der Waals surface area contributed by atoms with Crippen molar-refractivity contribution in [1.82, 2.24) is 0 Å². The van der Waals surface area contributed by atoms with E-state index in [0.717, 1.165) is 12.0 Å². The summed E-state index contributed by atoms with van der Waals surface area (Å²) in [5, 5.41) is 9.24. The zero-order chi connectivity index (χ0) is 11.0. The van der Waals surface area contributed by atoms with E-state index in [0.29, 0.717) is 0 Å². The standard InChI is InChI=1S/C10H15NO.C2H6/c1-2-9(10(11)12)8-6-4-3-5-7-8;1-2/h3-7,9-10,12H,2,11H2,1H3;1-2H3. The number of rotatable bonds is 3. The van der Waals surface area contributed by atoms with Crippen LogP contribution in [0.15, 0.2) is 30.3 Å². The van der Waals surface area contributed by atoms with E-state index in [1.807, 2.05) is 51.1 Å². The highest BCUT2D eigenvalue weighted by Gasteiger charge is 2.14. The maximum Gasteiger partial charge on any atom is 0.109 e. The highest BCUT2D eigenvalue weighted by Crippen LogP contribution is 2.20. The number of aliphatic hydroxyl groups excluding tert-OH is 1. The first-order valence-corrected chi connectivity index (χ1v) is 5.24. The molecule has 2 atom stereocenters. The summed E-state index contributed by atoms with van der Waals surface area (Å²) < 4.78 is 0. The van der Waals surface area contributed by atoms with Crippen molar-refractivity contribution in [3.63, 3.8) is 0 Å². The SMILES string of the molecule is CC.CCC(c1ccccc1)C(N)O. The number of aliphatic hydroxyl groups is 1. The van der Waals surface area contributed by atoms with Gasteiger partial charge >= 0.3 is 0 Å². The third kappa shape index (κ3) is 3.90. The van der Waals surface area contributed by atoms with E-state index in [2.05, 4.69) is 0 Å². The van der Waals surface area contributed by atoms with E-state index < -0.39 is 6.23 Å². The molecule has 1 aromatic rings. The molecule has 0 aliphatic heterocycles. The first kappa shape index (κ1) is 13.1. The molecule has 80 valence electrons.